The number of primary amides is 1. The number of benzene rings is 2. The van der Waals surface area contributed by atoms with Crippen LogP contribution in [0.15, 0.2) is 53.1 Å². The quantitative estimate of drug-likeness (QED) is 0.449. The molecule has 3 aromatic rings. The van der Waals surface area contributed by atoms with Crippen LogP contribution in [0.25, 0.3) is 11.3 Å². The number of nitrogens with two attached hydrogens (primary N) is 1. The summed E-state index contributed by atoms with van der Waals surface area (Å²) in [6.07, 6.45) is 2.45. The zero-order valence-corrected chi connectivity index (χ0v) is 21.3. The second-order valence-electron chi connectivity index (χ2n) is 9.59. The molecule has 1 amide bonds. The molecule has 1 saturated carbocycles. The zero-order valence-electron chi connectivity index (χ0n) is 20.5. The Balaban J connectivity index is 1.61. The number of likely N-dealkylation sites (N-methyl/N-ethyl adjacent to an activating group) is 1. The van der Waals surface area contributed by atoms with E-state index in [1.54, 1.807) is 0 Å². The van der Waals surface area contributed by atoms with Crippen molar-refractivity contribution in [3.63, 3.8) is 0 Å². The normalized spacial score (nSPS) is 21.9. The highest BCUT2D eigenvalue weighted by Crippen LogP contribution is 2.43. The number of halogens is 2. The maximum atomic E-state index is 14.6. The Morgan fingerprint density at radius 2 is 1.78 bits per heavy atom. The molecule has 0 spiro atoms. The van der Waals surface area contributed by atoms with Gasteiger partial charge in [0.25, 0.3) is 5.91 Å². The first-order valence-electron chi connectivity index (χ1n) is 11.7. The van der Waals surface area contributed by atoms with Crippen molar-refractivity contribution in [2.24, 2.45) is 5.73 Å². The maximum absolute atomic E-state index is 14.6. The number of aryl methyl sites for hydroxylation is 1. The van der Waals surface area contributed by atoms with Crippen LogP contribution in [0.4, 0.5) is 4.39 Å². The monoisotopic (exact) mass is 513 g/mol. The molecule has 0 unspecified atom stereocenters. The second-order valence-corrected chi connectivity index (χ2v) is 10.00. The van der Waals surface area contributed by atoms with Gasteiger partial charge in [-0.05, 0) is 70.8 Å². The number of aromatic nitrogens is 1. The summed E-state index contributed by atoms with van der Waals surface area (Å²) in [6, 6.07) is 14.3. The van der Waals surface area contributed by atoms with Crippen LogP contribution in [0.1, 0.15) is 47.4 Å². The minimum atomic E-state index is -1.51. The zero-order chi connectivity index (χ0) is 26.1. The van der Waals surface area contributed by atoms with Gasteiger partial charge in [-0.2, -0.15) is 0 Å². The van der Waals surface area contributed by atoms with Crippen molar-refractivity contribution in [1.82, 2.24) is 10.1 Å². The van der Waals surface area contributed by atoms with E-state index in [-0.39, 0.29) is 46.0 Å². The van der Waals surface area contributed by atoms with Crippen LogP contribution in [0.5, 0.6) is 0 Å². The fourth-order valence-corrected chi connectivity index (χ4v) is 5.26. The number of amides is 1. The Morgan fingerprint density at radius 1 is 1.11 bits per heavy atom. The molecule has 0 atom stereocenters. The van der Waals surface area contributed by atoms with Crippen molar-refractivity contribution < 1.29 is 23.2 Å². The van der Waals surface area contributed by atoms with E-state index in [4.69, 9.17) is 26.6 Å². The van der Waals surface area contributed by atoms with Gasteiger partial charge in [-0.1, -0.05) is 53.2 Å². The Kier molecular flexibility index (Phi) is 7.20. The van der Waals surface area contributed by atoms with Crippen molar-refractivity contribution in [3.05, 3.63) is 76.3 Å². The van der Waals surface area contributed by atoms with E-state index in [0.717, 1.165) is 6.42 Å². The Labute approximate surface area is 214 Å². The highest BCUT2D eigenvalue weighted by Gasteiger charge is 2.50. The van der Waals surface area contributed by atoms with Crippen molar-refractivity contribution in [3.8, 4) is 11.3 Å². The molecule has 0 saturated heterocycles. The SMILES string of the molecule is Cc1onc(-c2c(F)cccc2Cl)c1C(=O)OC1(C(N)=O)CCC(Cc2ccccc2)(N(C)C)CC1. The van der Waals surface area contributed by atoms with Crippen LogP contribution in [0, 0.1) is 12.7 Å². The number of hydrogen-bond acceptors (Lipinski definition) is 6. The number of carbonyl (C=O) groups is 2. The third-order valence-electron chi connectivity index (χ3n) is 7.32. The summed E-state index contributed by atoms with van der Waals surface area (Å²) in [6.45, 7) is 1.51. The topological polar surface area (TPSA) is 98.7 Å². The molecule has 1 aliphatic rings. The van der Waals surface area contributed by atoms with Crippen molar-refractivity contribution >= 4 is 23.5 Å². The molecule has 1 heterocycles. The smallest absolute Gasteiger partial charge is 0.345 e. The third kappa shape index (κ3) is 4.75. The van der Waals surface area contributed by atoms with Crippen molar-refractivity contribution in [2.45, 2.75) is 50.2 Å². The number of esters is 1. The van der Waals surface area contributed by atoms with Crippen LogP contribution >= 0.6 is 11.6 Å². The summed E-state index contributed by atoms with van der Waals surface area (Å²) in [7, 11) is 4.02. The molecule has 9 heteroatoms. The van der Waals surface area contributed by atoms with E-state index in [1.807, 2.05) is 32.3 Å². The van der Waals surface area contributed by atoms with E-state index in [0.29, 0.717) is 12.8 Å². The number of carbonyl (C=O) groups excluding carboxylic acids is 2. The molecular weight excluding hydrogens is 485 g/mol. The van der Waals surface area contributed by atoms with Crippen LogP contribution < -0.4 is 5.73 Å². The molecule has 0 bridgehead atoms. The fraction of sp³-hybridized carbons (Fsp3) is 0.370. The Hall–Kier alpha value is -3.23. The first-order chi connectivity index (χ1) is 17.1. The number of hydrogen-bond donors (Lipinski definition) is 1. The molecule has 1 aromatic heterocycles. The minimum absolute atomic E-state index is 0.0660. The van der Waals surface area contributed by atoms with Crippen LogP contribution in [-0.2, 0) is 16.0 Å². The molecular formula is C27H29ClFN3O4. The fourth-order valence-electron chi connectivity index (χ4n) is 5.01. The lowest BCUT2D eigenvalue weighted by Gasteiger charge is -2.48. The van der Waals surface area contributed by atoms with Gasteiger partial charge in [0.05, 0.1) is 10.6 Å². The number of rotatable bonds is 7. The molecule has 4 rings (SSSR count). The van der Waals surface area contributed by atoms with Gasteiger partial charge in [0.2, 0.25) is 0 Å². The summed E-state index contributed by atoms with van der Waals surface area (Å²) in [5.41, 5.74) is 5.01. The van der Waals surface area contributed by atoms with Gasteiger partial charge < -0.3 is 19.9 Å². The molecule has 2 N–H and O–H groups in total. The largest absolute Gasteiger partial charge is 0.445 e. The summed E-state index contributed by atoms with van der Waals surface area (Å²) >= 11 is 6.19. The summed E-state index contributed by atoms with van der Waals surface area (Å²) in [4.78, 5) is 28.2. The molecule has 7 nitrogen and oxygen atoms in total. The number of nitrogens with zero attached hydrogens (tertiary/aromatic N) is 2. The molecule has 1 fully saturated rings. The average molecular weight is 514 g/mol. The Bertz CT molecular complexity index is 1250. The molecule has 0 radical (unpaired) electrons. The predicted molar refractivity (Wildman–Crippen MR) is 134 cm³/mol. The maximum Gasteiger partial charge on any atom is 0.345 e. The van der Waals surface area contributed by atoms with Gasteiger partial charge in [-0.25, -0.2) is 9.18 Å². The van der Waals surface area contributed by atoms with E-state index in [1.165, 1.54) is 30.7 Å². The molecule has 0 aliphatic heterocycles. The molecule has 1 aliphatic carbocycles. The lowest BCUT2D eigenvalue weighted by molar-refractivity contribution is -0.144. The van der Waals surface area contributed by atoms with E-state index < -0.39 is 23.3 Å². The van der Waals surface area contributed by atoms with Crippen LogP contribution in [0.3, 0.4) is 0 Å². The average Bonchev–Trinajstić information content (AvgIpc) is 3.21. The van der Waals surface area contributed by atoms with E-state index in [2.05, 4.69) is 22.2 Å². The van der Waals surface area contributed by atoms with Gasteiger partial charge >= 0.3 is 5.97 Å². The second kappa shape index (κ2) is 10.0. The van der Waals surface area contributed by atoms with Crippen molar-refractivity contribution in [2.75, 3.05) is 14.1 Å². The molecule has 2 aromatic carbocycles. The van der Waals surface area contributed by atoms with E-state index >= 15 is 0 Å². The van der Waals surface area contributed by atoms with Gasteiger partial charge in [-0.3, -0.25) is 4.79 Å². The van der Waals surface area contributed by atoms with Crippen LogP contribution in [0.2, 0.25) is 5.02 Å². The lowest BCUT2D eigenvalue weighted by Crippen LogP contribution is -2.57. The van der Waals surface area contributed by atoms with Gasteiger partial charge in [0.15, 0.2) is 5.60 Å². The number of ether oxygens (including phenoxy) is 1. The first-order valence-corrected chi connectivity index (χ1v) is 12.1. The summed E-state index contributed by atoms with van der Waals surface area (Å²) in [5, 5.41) is 3.93. The lowest BCUT2D eigenvalue weighted by atomic mass is 9.70. The van der Waals surface area contributed by atoms with Gasteiger partial charge in [0, 0.05) is 5.54 Å². The van der Waals surface area contributed by atoms with Crippen LogP contribution in [-0.4, -0.2) is 47.2 Å². The van der Waals surface area contributed by atoms with Gasteiger partial charge in [-0.15, -0.1) is 0 Å². The highest BCUT2D eigenvalue weighted by atomic mass is 35.5. The molecule has 36 heavy (non-hydrogen) atoms. The summed E-state index contributed by atoms with van der Waals surface area (Å²) < 4.78 is 25.6. The standard InChI is InChI=1S/C27H29ClFN3O4/c1-17-21(23(31-36-17)22-19(28)10-7-11-20(22)29)24(33)35-27(25(30)34)14-12-26(13-15-27,32(2)3)16-18-8-5-4-6-9-18/h4-11H,12-16H2,1-3H3,(H2,30,34). The minimum Gasteiger partial charge on any atom is -0.445 e. The predicted octanol–water partition coefficient (Wildman–Crippen LogP) is 4.94. The van der Waals surface area contributed by atoms with Crippen molar-refractivity contribution in [1.29, 1.82) is 0 Å². The highest BCUT2D eigenvalue weighted by molar-refractivity contribution is 6.33. The third-order valence-corrected chi connectivity index (χ3v) is 7.63. The Morgan fingerprint density at radius 3 is 2.36 bits per heavy atom. The van der Waals surface area contributed by atoms with Gasteiger partial charge in [0.1, 0.15) is 22.8 Å². The molecule has 190 valence electrons. The van der Waals surface area contributed by atoms with E-state index in [9.17, 15) is 14.0 Å². The summed E-state index contributed by atoms with van der Waals surface area (Å²) in [5.74, 6) is -2.12. The first kappa shape index (κ1) is 25.9.